The second kappa shape index (κ2) is 14.4. The lowest BCUT2D eigenvalue weighted by molar-refractivity contribution is 0.00672. The van der Waals surface area contributed by atoms with Gasteiger partial charge in [-0.3, -0.25) is 0 Å². The van der Waals surface area contributed by atoms with E-state index in [9.17, 15) is 0 Å². The van der Waals surface area contributed by atoms with Crippen LogP contribution in [-0.4, -0.2) is 25.0 Å². The summed E-state index contributed by atoms with van der Waals surface area (Å²) in [6.07, 6.45) is 3.35. The average molecular weight is 231 g/mol. The van der Waals surface area contributed by atoms with Gasteiger partial charge in [-0.2, -0.15) is 0 Å². The predicted molar refractivity (Wildman–Crippen MR) is 71.0 cm³/mol. The van der Waals surface area contributed by atoms with Gasteiger partial charge in [-0.1, -0.05) is 46.2 Å². The van der Waals surface area contributed by atoms with E-state index in [1.807, 2.05) is 20.8 Å². The van der Waals surface area contributed by atoms with Crippen molar-refractivity contribution in [2.75, 3.05) is 13.2 Å². The highest BCUT2D eigenvalue weighted by molar-refractivity contribution is 5.85. The fourth-order valence-electron chi connectivity index (χ4n) is 1.03. The molecule has 0 bridgehead atoms. The molecule has 0 radical (unpaired) electrons. The zero-order valence-corrected chi connectivity index (χ0v) is 11.9. The van der Waals surface area contributed by atoms with Crippen LogP contribution in [0.25, 0.3) is 0 Å². The fraction of sp³-hybridized carbons (Fsp3) is 0.923. The van der Waals surface area contributed by atoms with E-state index in [4.69, 9.17) is 9.57 Å². The monoisotopic (exact) mass is 231 g/mol. The predicted octanol–water partition coefficient (Wildman–Crippen LogP) is 4.02. The van der Waals surface area contributed by atoms with Gasteiger partial charge in [0.2, 0.25) is 0 Å². The Morgan fingerprint density at radius 2 is 1.81 bits per heavy atom. The number of hydrogen-bond acceptors (Lipinski definition) is 3. The van der Waals surface area contributed by atoms with Crippen LogP contribution < -0.4 is 0 Å². The SMILES string of the molecule is CC.CCC.CCOCC1CC(CC)=NO1. The Bertz CT molecular complexity index is 158. The molecule has 1 aliphatic heterocycles. The van der Waals surface area contributed by atoms with E-state index in [-0.39, 0.29) is 6.10 Å². The zero-order chi connectivity index (χ0) is 12.8. The molecule has 0 aromatic rings. The number of rotatable bonds is 4. The van der Waals surface area contributed by atoms with Crippen LogP contribution in [0, 0.1) is 0 Å². The van der Waals surface area contributed by atoms with E-state index in [2.05, 4.69) is 25.9 Å². The molecule has 0 aromatic carbocycles. The fourth-order valence-corrected chi connectivity index (χ4v) is 1.03. The van der Waals surface area contributed by atoms with Crippen LogP contribution in [0.15, 0.2) is 5.16 Å². The molecule has 0 amide bonds. The van der Waals surface area contributed by atoms with Crippen molar-refractivity contribution in [1.82, 2.24) is 0 Å². The van der Waals surface area contributed by atoms with Crippen LogP contribution >= 0.6 is 0 Å². The topological polar surface area (TPSA) is 30.8 Å². The van der Waals surface area contributed by atoms with Crippen LogP contribution in [0.3, 0.4) is 0 Å². The van der Waals surface area contributed by atoms with E-state index in [1.54, 1.807) is 0 Å². The summed E-state index contributed by atoms with van der Waals surface area (Å²) in [4.78, 5) is 5.12. The van der Waals surface area contributed by atoms with Gasteiger partial charge in [0.25, 0.3) is 0 Å². The Hall–Kier alpha value is -0.570. The molecule has 0 saturated heterocycles. The first kappa shape index (κ1) is 17.8. The second-order valence-electron chi connectivity index (χ2n) is 3.31. The minimum atomic E-state index is 0.171. The van der Waals surface area contributed by atoms with Crippen molar-refractivity contribution in [2.24, 2.45) is 5.16 Å². The first-order valence-corrected chi connectivity index (χ1v) is 6.57. The highest BCUT2D eigenvalue weighted by Crippen LogP contribution is 2.12. The van der Waals surface area contributed by atoms with Crippen molar-refractivity contribution in [3.63, 3.8) is 0 Å². The molecule has 1 aliphatic rings. The lowest BCUT2D eigenvalue weighted by Crippen LogP contribution is -2.15. The number of hydrogen-bond donors (Lipinski definition) is 0. The van der Waals surface area contributed by atoms with Gasteiger partial charge >= 0.3 is 0 Å². The van der Waals surface area contributed by atoms with Crippen LogP contribution in [0.2, 0.25) is 0 Å². The van der Waals surface area contributed by atoms with Crippen molar-refractivity contribution in [3.05, 3.63) is 0 Å². The minimum Gasteiger partial charge on any atom is -0.390 e. The summed E-state index contributed by atoms with van der Waals surface area (Å²) in [7, 11) is 0. The van der Waals surface area contributed by atoms with Crippen LogP contribution in [0.4, 0.5) is 0 Å². The van der Waals surface area contributed by atoms with Gasteiger partial charge in [0.05, 0.1) is 12.3 Å². The molecular weight excluding hydrogens is 202 g/mol. The normalized spacial score (nSPS) is 17.4. The average Bonchev–Trinajstić information content (AvgIpc) is 2.78. The van der Waals surface area contributed by atoms with Crippen LogP contribution in [-0.2, 0) is 9.57 Å². The van der Waals surface area contributed by atoms with Crippen LogP contribution in [0.1, 0.15) is 60.8 Å². The van der Waals surface area contributed by atoms with E-state index in [0.717, 1.165) is 25.2 Å². The maximum atomic E-state index is 5.21. The Morgan fingerprint density at radius 1 is 1.25 bits per heavy atom. The highest BCUT2D eigenvalue weighted by Gasteiger charge is 2.19. The summed E-state index contributed by atoms with van der Waals surface area (Å²) in [5, 5.41) is 3.93. The standard InChI is InChI=1S/C8H15NO2.C3H8.C2H6/c1-3-7-5-8(11-9-7)6-10-4-2;1-3-2;1-2/h8H,3-6H2,1-2H3;3H2,1-2H3;1-2H3. The summed E-state index contributed by atoms with van der Waals surface area (Å²) in [6.45, 7) is 13.7. The quantitative estimate of drug-likeness (QED) is 0.731. The van der Waals surface area contributed by atoms with Crippen molar-refractivity contribution >= 4 is 5.71 Å². The number of ether oxygens (including phenoxy) is 1. The molecule has 1 atom stereocenters. The Kier molecular flexibility index (Phi) is 16.1. The van der Waals surface area contributed by atoms with Gasteiger partial charge < -0.3 is 9.57 Å². The third kappa shape index (κ3) is 9.97. The Labute approximate surface area is 101 Å². The molecule has 3 heteroatoms. The Morgan fingerprint density at radius 3 is 2.19 bits per heavy atom. The summed E-state index contributed by atoms with van der Waals surface area (Å²) in [6, 6.07) is 0. The minimum absolute atomic E-state index is 0.171. The molecule has 0 fully saturated rings. The first-order valence-electron chi connectivity index (χ1n) is 6.57. The third-order valence-corrected chi connectivity index (χ3v) is 1.71. The maximum absolute atomic E-state index is 5.21. The van der Waals surface area contributed by atoms with Crippen molar-refractivity contribution in [3.8, 4) is 0 Å². The summed E-state index contributed by atoms with van der Waals surface area (Å²) in [5.41, 5.74) is 1.15. The van der Waals surface area contributed by atoms with Gasteiger partial charge in [0.1, 0.15) is 0 Å². The molecule has 3 nitrogen and oxygen atoms in total. The molecular formula is C13H29NO2. The van der Waals surface area contributed by atoms with Crippen molar-refractivity contribution < 1.29 is 9.57 Å². The highest BCUT2D eigenvalue weighted by atomic mass is 16.7. The number of nitrogens with zero attached hydrogens (tertiary/aromatic N) is 1. The molecule has 0 saturated carbocycles. The maximum Gasteiger partial charge on any atom is 0.156 e. The van der Waals surface area contributed by atoms with Gasteiger partial charge in [-0.05, 0) is 13.3 Å². The largest absolute Gasteiger partial charge is 0.390 e. The van der Waals surface area contributed by atoms with Gasteiger partial charge in [0, 0.05) is 13.0 Å². The zero-order valence-electron chi connectivity index (χ0n) is 11.9. The van der Waals surface area contributed by atoms with Crippen molar-refractivity contribution in [1.29, 1.82) is 0 Å². The molecule has 1 heterocycles. The smallest absolute Gasteiger partial charge is 0.156 e. The van der Waals surface area contributed by atoms with Crippen LogP contribution in [0.5, 0.6) is 0 Å². The molecule has 0 N–H and O–H groups in total. The van der Waals surface area contributed by atoms with Gasteiger partial charge in [-0.25, -0.2) is 0 Å². The van der Waals surface area contributed by atoms with E-state index >= 15 is 0 Å². The van der Waals surface area contributed by atoms with E-state index in [1.165, 1.54) is 6.42 Å². The van der Waals surface area contributed by atoms with Gasteiger partial charge in [0.15, 0.2) is 6.10 Å². The van der Waals surface area contributed by atoms with E-state index in [0.29, 0.717) is 6.61 Å². The molecule has 16 heavy (non-hydrogen) atoms. The lowest BCUT2D eigenvalue weighted by atomic mass is 10.1. The van der Waals surface area contributed by atoms with Gasteiger partial charge in [-0.15, -0.1) is 0 Å². The third-order valence-electron chi connectivity index (χ3n) is 1.71. The molecule has 1 rings (SSSR count). The second-order valence-corrected chi connectivity index (χ2v) is 3.31. The number of oxime groups is 1. The molecule has 0 aliphatic carbocycles. The molecule has 98 valence electrons. The summed E-state index contributed by atoms with van der Waals surface area (Å²) < 4.78 is 5.21. The summed E-state index contributed by atoms with van der Waals surface area (Å²) >= 11 is 0. The lowest BCUT2D eigenvalue weighted by Gasteiger charge is -2.06. The molecule has 0 aromatic heterocycles. The first-order chi connectivity index (χ1) is 7.78. The van der Waals surface area contributed by atoms with E-state index < -0.39 is 0 Å². The molecule has 0 spiro atoms. The Balaban J connectivity index is 0. The molecule has 1 unspecified atom stereocenters. The van der Waals surface area contributed by atoms with Crippen molar-refractivity contribution in [2.45, 2.75) is 66.9 Å². The summed E-state index contributed by atoms with van der Waals surface area (Å²) in [5.74, 6) is 0.